The molecule has 122 valence electrons. The van der Waals surface area contributed by atoms with E-state index in [1.165, 1.54) is 14.0 Å². The van der Waals surface area contributed by atoms with Gasteiger partial charge in [0, 0.05) is 25.1 Å². The van der Waals surface area contributed by atoms with Gasteiger partial charge in [0.05, 0.1) is 7.11 Å². The smallest absolute Gasteiger partial charge is 0.240 e. The Bertz CT molecular complexity index is 662. The molecule has 0 aliphatic carbocycles. The zero-order valence-electron chi connectivity index (χ0n) is 12.6. The summed E-state index contributed by atoms with van der Waals surface area (Å²) in [6, 6.07) is 6.93. The highest BCUT2D eigenvalue weighted by Gasteiger charge is 2.32. The lowest BCUT2D eigenvalue weighted by Crippen LogP contribution is -2.28. The van der Waals surface area contributed by atoms with Crippen LogP contribution in [0.1, 0.15) is 13.3 Å². The molecule has 0 aromatic heterocycles. The first-order chi connectivity index (χ1) is 11.0. The van der Waals surface area contributed by atoms with Crippen LogP contribution in [0.25, 0.3) is 0 Å². The summed E-state index contributed by atoms with van der Waals surface area (Å²) in [7, 11) is 1.54. The van der Waals surface area contributed by atoms with Gasteiger partial charge in [0.2, 0.25) is 17.7 Å². The number of amides is 3. The molecule has 1 aliphatic rings. The highest BCUT2D eigenvalue weighted by molar-refractivity contribution is 8.15. The van der Waals surface area contributed by atoms with Gasteiger partial charge in [0.15, 0.2) is 5.17 Å². The molecule has 1 aromatic rings. The third kappa shape index (κ3) is 4.99. The number of carbonyl (C=O) groups is 3. The predicted molar refractivity (Wildman–Crippen MR) is 87.0 cm³/mol. The van der Waals surface area contributed by atoms with E-state index in [9.17, 15) is 14.4 Å². The molecule has 23 heavy (non-hydrogen) atoms. The van der Waals surface area contributed by atoms with Crippen LogP contribution in [-0.2, 0) is 14.4 Å². The van der Waals surface area contributed by atoms with E-state index in [1.807, 2.05) is 0 Å². The molecule has 0 unspecified atom stereocenters. The number of ether oxygens (including phenoxy) is 1. The molecule has 1 aromatic carbocycles. The first kappa shape index (κ1) is 16.8. The minimum Gasteiger partial charge on any atom is -0.497 e. The number of hydrogen-bond donors (Lipinski definition) is 3. The van der Waals surface area contributed by atoms with E-state index in [4.69, 9.17) is 4.74 Å². The number of thioether (sulfide) groups is 1. The lowest BCUT2D eigenvalue weighted by Gasteiger charge is -2.08. The summed E-state index contributed by atoms with van der Waals surface area (Å²) in [6.07, 6.45) is -0.00714. The first-order valence-electron chi connectivity index (χ1n) is 6.73. The van der Waals surface area contributed by atoms with Crippen LogP contribution < -0.4 is 20.8 Å². The highest BCUT2D eigenvalue weighted by atomic mass is 32.2. The Morgan fingerprint density at radius 2 is 2.22 bits per heavy atom. The summed E-state index contributed by atoms with van der Waals surface area (Å²) < 4.78 is 5.08. The van der Waals surface area contributed by atoms with Crippen molar-refractivity contribution in [2.24, 2.45) is 5.10 Å². The number of rotatable bonds is 5. The summed E-state index contributed by atoms with van der Waals surface area (Å²) in [5.41, 5.74) is 2.82. The number of nitrogens with one attached hydrogen (secondary N) is 3. The summed E-state index contributed by atoms with van der Waals surface area (Å²) in [5, 5.41) is 8.63. The quantitative estimate of drug-likeness (QED) is 0.685. The summed E-state index contributed by atoms with van der Waals surface area (Å²) >= 11 is 1.10. The van der Waals surface area contributed by atoms with Crippen LogP contribution in [0.5, 0.6) is 5.75 Å². The number of hydrazone groups is 1. The summed E-state index contributed by atoms with van der Waals surface area (Å²) in [4.78, 5) is 34.6. The molecule has 0 radical (unpaired) electrons. The molecule has 1 saturated heterocycles. The van der Waals surface area contributed by atoms with Crippen molar-refractivity contribution in [3.8, 4) is 5.75 Å². The molecule has 0 bridgehead atoms. The average Bonchev–Trinajstić information content (AvgIpc) is 2.85. The lowest BCUT2D eigenvalue weighted by atomic mass is 10.2. The maximum absolute atomic E-state index is 12.0. The molecule has 9 heteroatoms. The molecule has 3 N–H and O–H groups in total. The maximum Gasteiger partial charge on any atom is 0.240 e. The Labute approximate surface area is 137 Å². The largest absolute Gasteiger partial charge is 0.497 e. The number of nitrogens with zero attached hydrogens (tertiary/aromatic N) is 1. The fourth-order valence-corrected chi connectivity index (χ4v) is 2.73. The van der Waals surface area contributed by atoms with Crippen molar-refractivity contribution in [1.82, 2.24) is 10.7 Å². The number of carbonyl (C=O) groups excluding carboxylic acids is 3. The Balaban J connectivity index is 1.91. The minimum atomic E-state index is -0.590. The van der Waals surface area contributed by atoms with Gasteiger partial charge in [0.1, 0.15) is 11.0 Å². The van der Waals surface area contributed by atoms with Crippen LogP contribution in [0.2, 0.25) is 0 Å². The van der Waals surface area contributed by atoms with E-state index in [1.54, 1.807) is 24.3 Å². The number of anilines is 1. The van der Waals surface area contributed by atoms with Gasteiger partial charge in [-0.05, 0) is 12.1 Å². The van der Waals surface area contributed by atoms with Gasteiger partial charge in [-0.15, -0.1) is 5.10 Å². The molecular weight excluding hydrogens is 320 g/mol. The van der Waals surface area contributed by atoms with Crippen LogP contribution in [0, 0.1) is 0 Å². The highest BCUT2D eigenvalue weighted by Crippen LogP contribution is 2.23. The van der Waals surface area contributed by atoms with Gasteiger partial charge < -0.3 is 15.4 Å². The molecule has 1 fully saturated rings. The molecule has 1 aliphatic heterocycles. The number of benzene rings is 1. The number of methoxy groups -OCH3 is 1. The Kier molecular flexibility index (Phi) is 5.58. The number of hydrogen-bond acceptors (Lipinski definition) is 6. The maximum atomic E-state index is 12.0. The van der Waals surface area contributed by atoms with Gasteiger partial charge in [-0.1, -0.05) is 17.8 Å². The van der Waals surface area contributed by atoms with Gasteiger partial charge in [-0.2, -0.15) is 0 Å². The second-order valence-corrected chi connectivity index (χ2v) is 5.86. The predicted octanol–water partition coefficient (Wildman–Crippen LogP) is 0.662. The van der Waals surface area contributed by atoms with E-state index < -0.39 is 5.25 Å². The Morgan fingerprint density at radius 3 is 2.91 bits per heavy atom. The first-order valence-corrected chi connectivity index (χ1v) is 7.61. The van der Waals surface area contributed by atoms with Crippen LogP contribution in [-0.4, -0.2) is 35.2 Å². The third-order valence-electron chi connectivity index (χ3n) is 2.82. The van der Waals surface area contributed by atoms with Crippen molar-refractivity contribution < 1.29 is 19.1 Å². The van der Waals surface area contributed by atoms with Gasteiger partial charge >= 0.3 is 0 Å². The fraction of sp³-hybridized carbons (Fsp3) is 0.286. The van der Waals surface area contributed by atoms with Crippen molar-refractivity contribution in [2.75, 3.05) is 12.4 Å². The average molecular weight is 336 g/mol. The molecular formula is C14H16N4O4S. The molecule has 0 saturated carbocycles. The zero-order chi connectivity index (χ0) is 16.8. The van der Waals surface area contributed by atoms with Crippen molar-refractivity contribution >= 4 is 40.3 Å². The summed E-state index contributed by atoms with van der Waals surface area (Å²) in [5.74, 6) is -0.335. The monoisotopic (exact) mass is 336 g/mol. The fourth-order valence-electron chi connectivity index (χ4n) is 1.80. The van der Waals surface area contributed by atoms with Crippen LogP contribution in [0.3, 0.4) is 0 Å². The summed E-state index contributed by atoms with van der Waals surface area (Å²) in [6.45, 7) is 1.31. The van der Waals surface area contributed by atoms with E-state index >= 15 is 0 Å². The van der Waals surface area contributed by atoms with Crippen molar-refractivity contribution in [1.29, 1.82) is 0 Å². The van der Waals surface area contributed by atoms with Crippen LogP contribution >= 0.6 is 11.8 Å². The van der Waals surface area contributed by atoms with Gasteiger partial charge in [-0.3, -0.25) is 14.4 Å². The second-order valence-electron chi connectivity index (χ2n) is 4.66. The van der Waals surface area contributed by atoms with Crippen LogP contribution in [0.15, 0.2) is 29.4 Å². The number of amidine groups is 1. The molecule has 1 atom stereocenters. The second kappa shape index (κ2) is 7.63. The van der Waals surface area contributed by atoms with E-state index in [-0.39, 0.29) is 29.3 Å². The Morgan fingerprint density at radius 1 is 1.43 bits per heavy atom. The third-order valence-corrected chi connectivity index (χ3v) is 3.90. The molecule has 8 nitrogen and oxygen atoms in total. The lowest BCUT2D eigenvalue weighted by molar-refractivity contribution is -0.122. The van der Waals surface area contributed by atoms with Crippen LogP contribution in [0.4, 0.5) is 5.69 Å². The minimum absolute atomic E-state index is 0.00714. The standard InChI is InChI=1S/C14H16N4O4S/c1-8(19)17-18-14-16-13(21)11(23-14)7-12(20)15-9-4-3-5-10(6-9)22-2/h3-6,11H,7H2,1-2H3,(H,15,20)(H,17,19)(H,16,18,21)/t11-/m1/s1. The molecule has 0 spiro atoms. The Hall–Kier alpha value is -2.55. The van der Waals surface area contributed by atoms with E-state index in [2.05, 4.69) is 21.2 Å². The van der Waals surface area contributed by atoms with Crippen molar-refractivity contribution in [3.63, 3.8) is 0 Å². The normalized spacial score (nSPS) is 18.4. The van der Waals surface area contributed by atoms with E-state index in [0.717, 1.165) is 11.8 Å². The topological polar surface area (TPSA) is 109 Å². The van der Waals surface area contributed by atoms with E-state index in [0.29, 0.717) is 11.4 Å². The SMILES string of the molecule is COc1cccc(NC(=O)C[C@H]2S/C(=N/NC(C)=O)NC2=O)c1. The van der Waals surface area contributed by atoms with Gasteiger partial charge in [-0.25, -0.2) is 5.43 Å². The molecule has 2 rings (SSSR count). The zero-order valence-corrected chi connectivity index (χ0v) is 13.4. The molecule has 1 heterocycles. The van der Waals surface area contributed by atoms with Crippen molar-refractivity contribution in [3.05, 3.63) is 24.3 Å². The van der Waals surface area contributed by atoms with Crippen molar-refractivity contribution in [2.45, 2.75) is 18.6 Å². The van der Waals surface area contributed by atoms with Gasteiger partial charge in [0.25, 0.3) is 0 Å². The molecule has 3 amide bonds.